The lowest BCUT2D eigenvalue weighted by Crippen LogP contribution is -2.50. The molecule has 2 amide bonds. The Balaban J connectivity index is 1.43. The number of nitrogens with one attached hydrogen (secondary N) is 1. The molecule has 7 nitrogen and oxygen atoms in total. The van der Waals surface area contributed by atoms with Crippen LogP contribution >= 0.6 is 11.3 Å². The number of thiazole rings is 1. The molecule has 2 aliphatic rings. The van der Waals surface area contributed by atoms with Crippen LogP contribution < -0.4 is 15.0 Å². The van der Waals surface area contributed by atoms with Crippen molar-refractivity contribution in [3.8, 4) is 27.7 Å². The van der Waals surface area contributed by atoms with E-state index in [1.165, 1.54) is 6.42 Å². The number of hydrogen-bond donors (Lipinski definition) is 1. The number of rotatable bonds is 5. The third-order valence-electron chi connectivity index (χ3n) is 6.39. The second-order valence-electron chi connectivity index (χ2n) is 8.91. The molecule has 3 aromatic rings. The molecule has 3 heterocycles. The van der Waals surface area contributed by atoms with Crippen LogP contribution in [0.25, 0.3) is 22.0 Å². The maximum absolute atomic E-state index is 13.0. The van der Waals surface area contributed by atoms with Gasteiger partial charge in [-0.15, -0.1) is 11.3 Å². The number of amides is 2. The molecule has 1 atom stereocenters. The molecule has 2 aromatic heterocycles. The zero-order valence-electron chi connectivity index (χ0n) is 19.4. The third-order valence-corrected chi connectivity index (χ3v) is 7.39. The van der Waals surface area contributed by atoms with E-state index in [1.807, 2.05) is 43.3 Å². The quantitative estimate of drug-likeness (QED) is 0.575. The number of hydrogen-bond acceptors (Lipinski definition) is 6. The van der Waals surface area contributed by atoms with Crippen molar-refractivity contribution in [2.45, 2.75) is 58.1 Å². The van der Waals surface area contributed by atoms with Gasteiger partial charge in [0.1, 0.15) is 17.3 Å². The molecule has 0 saturated heterocycles. The van der Waals surface area contributed by atoms with Gasteiger partial charge in [-0.1, -0.05) is 25.3 Å². The van der Waals surface area contributed by atoms with Crippen LogP contribution in [0.3, 0.4) is 0 Å². The van der Waals surface area contributed by atoms with Crippen molar-refractivity contribution < 1.29 is 14.3 Å². The Morgan fingerprint density at radius 3 is 2.79 bits per heavy atom. The van der Waals surface area contributed by atoms with Crippen molar-refractivity contribution in [1.29, 1.82) is 0 Å². The Hall–Kier alpha value is -3.26. The number of carbonyl (C=O) groups excluding carboxylic acids is 2. The summed E-state index contributed by atoms with van der Waals surface area (Å²) < 4.78 is 5.85. The normalized spacial score (nSPS) is 18.4. The summed E-state index contributed by atoms with van der Waals surface area (Å²) in [7, 11) is 0. The number of nitrogens with zero attached hydrogens (tertiary/aromatic N) is 3. The van der Waals surface area contributed by atoms with Crippen molar-refractivity contribution in [1.82, 2.24) is 15.3 Å². The predicted octanol–water partition coefficient (Wildman–Crippen LogP) is 4.74. The maximum atomic E-state index is 13.0. The molecule has 176 valence electrons. The summed E-state index contributed by atoms with van der Waals surface area (Å²) in [6.07, 6.45) is 6.61. The Labute approximate surface area is 203 Å². The van der Waals surface area contributed by atoms with E-state index in [1.54, 1.807) is 29.4 Å². The molecular formula is C26H28N4O3S. The minimum Gasteiger partial charge on any atom is -0.479 e. The Morgan fingerprint density at radius 2 is 2.03 bits per heavy atom. The van der Waals surface area contributed by atoms with Gasteiger partial charge < -0.3 is 10.1 Å². The van der Waals surface area contributed by atoms with Crippen LogP contribution in [0, 0.1) is 6.92 Å². The van der Waals surface area contributed by atoms with Crippen LogP contribution in [0.5, 0.6) is 5.75 Å². The van der Waals surface area contributed by atoms with Crippen LogP contribution in [-0.4, -0.2) is 40.5 Å². The summed E-state index contributed by atoms with van der Waals surface area (Å²) in [6, 6.07) is 11.7. The van der Waals surface area contributed by atoms with Crippen LogP contribution in [0.2, 0.25) is 0 Å². The molecule has 1 fully saturated rings. The lowest BCUT2D eigenvalue weighted by Gasteiger charge is -2.33. The second-order valence-corrected chi connectivity index (χ2v) is 10.1. The van der Waals surface area contributed by atoms with Gasteiger partial charge in [-0.25, -0.2) is 4.98 Å². The van der Waals surface area contributed by atoms with Crippen LogP contribution in [0.1, 0.15) is 43.9 Å². The molecular weight excluding hydrogens is 448 g/mol. The fourth-order valence-corrected chi connectivity index (χ4v) is 5.56. The number of anilines is 1. The number of benzene rings is 1. The Bertz CT molecular complexity index is 1200. The molecule has 1 N–H and O–H groups in total. The van der Waals surface area contributed by atoms with Crippen molar-refractivity contribution >= 4 is 28.8 Å². The van der Waals surface area contributed by atoms with E-state index in [2.05, 4.69) is 10.3 Å². The van der Waals surface area contributed by atoms with Crippen molar-refractivity contribution in [2.24, 2.45) is 0 Å². The molecule has 1 saturated carbocycles. The first kappa shape index (κ1) is 22.5. The second kappa shape index (κ2) is 9.54. The summed E-state index contributed by atoms with van der Waals surface area (Å²) in [5.74, 6) is 0.250. The zero-order chi connectivity index (χ0) is 23.7. The van der Waals surface area contributed by atoms with Gasteiger partial charge in [0, 0.05) is 22.7 Å². The molecule has 1 aromatic carbocycles. The number of aryl methyl sites for hydroxylation is 1. The van der Waals surface area contributed by atoms with Gasteiger partial charge >= 0.3 is 0 Å². The summed E-state index contributed by atoms with van der Waals surface area (Å²) in [5.41, 5.74) is 3.14. The highest BCUT2D eigenvalue weighted by Crippen LogP contribution is 2.40. The van der Waals surface area contributed by atoms with E-state index in [0.29, 0.717) is 11.4 Å². The standard InChI is InChI=1S/C26H28N4O3S/c1-16-26(32)30(15-23(31)28-19-8-4-3-5-9-19)21-14-18(11-12-22(21)33-16)24-17(2)34-25(29-24)20-10-6-7-13-27-20/h6-7,10-14,16,19H,3-5,8-9,15H2,1-2H3,(H,28,31). The van der Waals surface area contributed by atoms with E-state index in [9.17, 15) is 9.59 Å². The number of pyridine rings is 1. The predicted molar refractivity (Wildman–Crippen MR) is 133 cm³/mol. The van der Waals surface area contributed by atoms with E-state index >= 15 is 0 Å². The number of aromatic nitrogens is 2. The first-order valence-corrected chi connectivity index (χ1v) is 12.6. The summed E-state index contributed by atoms with van der Waals surface area (Å²) in [6.45, 7) is 3.72. The Morgan fingerprint density at radius 1 is 1.21 bits per heavy atom. The fourth-order valence-electron chi connectivity index (χ4n) is 4.64. The van der Waals surface area contributed by atoms with Gasteiger partial charge in [-0.3, -0.25) is 19.5 Å². The van der Waals surface area contributed by atoms with Crippen molar-refractivity contribution in [2.75, 3.05) is 11.4 Å². The van der Waals surface area contributed by atoms with Gasteiger partial charge in [0.15, 0.2) is 6.10 Å². The lowest BCUT2D eigenvalue weighted by atomic mass is 9.95. The molecule has 0 bridgehead atoms. The van der Waals surface area contributed by atoms with Gasteiger partial charge in [0.2, 0.25) is 5.91 Å². The topological polar surface area (TPSA) is 84.4 Å². The average molecular weight is 477 g/mol. The highest BCUT2D eigenvalue weighted by Gasteiger charge is 2.33. The minimum absolute atomic E-state index is 0.0191. The molecule has 5 rings (SSSR count). The highest BCUT2D eigenvalue weighted by atomic mass is 32.1. The van der Waals surface area contributed by atoms with Crippen LogP contribution in [-0.2, 0) is 9.59 Å². The summed E-state index contributed by atoms with van der Waals surface area (Å²) >= 11 is 1.58. The fraction of sp³-hybridized carbons (Fsp3) is 0.385. The smallest absolute Gasteiger partial charge is 0.268 e. The maximum Gasteiger partial charge on any atom is 0.268 e. The molecule has 1 aliphatic heterocycles. The van der Waals surface area contributed by atoms with Crippen molar-refractivity contribution in [3.63, 3.8) is 0 Å². The zero-order valence-corrected chi connectivity index (χ0v) is 20.2. The average Bonchev–Trinajstić information content (AvgIpc) is 3.24. The molecule has 0 spiro atoms. The first-order chi connectivity index (χ1) is 16.5. The number of carbonyl (C=O) groups is 2. The highest BCUT2D eigenvalue weighted by molar-refractivity contribution is 7.15. The van der Waals surface area contributed by atoms with E-state index < -0.39 is 6.10 Å². The molecule has 0 radical (unpaired) electrons. The molecule has 34 heavy (non-hydrogen) atoms. The molecule has 8 heteroatoms. The largest absolute Gasteiger partial charge is 0.479 e. The monoisotopic (exact) mass is 476 g/mol. The van der Waals surface area contributed by atoms with Gasteiger partial charge in [0.05, 0.1) is 17.1 Å². The first-order valence-electron chi connectivity index (χ1n) is 11.8. The van der Waals surface area contributed by atoms with Crippen LogP contribution in [0.4, 0.5) is 5.69 Å². The molecule has 1 aliphatic carbocycles. The third kappa shape index (κ3) is 4.55. The van der Waals surface area contributed by atoms with Gasteiger partial charge in [-0.05, 0) is 57.0 Å². The number of ether oxygens (including phenoxy) is 1. The van der Waals surface area contributed by atoms with E-state index in [4.69, 9.17) is 9.72 Å². The summed E-state index contributed by atoms with van der Waals surface area (Å²) in [5, 5.41) is 3.96. The van der Waals surface area contributed by atoms with Gasteiger partial charge in [-0.2, -0.15) is 0 Å². The molecule has 1 unspecified atom stereocenters. The van der Waals surface area contributed by atoms with E-state index in [0.717, 1.165) is 52.5 Å². The SMILES string of the molecule is Cc1sc(-c2ccccn2)nc1-c1ccc2c(c1)N(CC(=O)NC1CCCCC1)C(=O)C(C)O2. The van der Waals surface area contributed by atoms with Gasteiger partial charge in [0.25, 0.3) is 5.91 Å². The van der Waals surface area contributed by atoms with E-state index in [-0.39, 0.29) is 24.4 Å². The Kier molecular flexibility index (Phi) is 6.32. The van der Waals surface area contributed by atoms with Crippen LogP contribution in [0.15, 0.2) is 42.6 Å². The lowest BCUT2D eigenvalue weighted by molar-refractivity contribution is -0.128. The van der Waals surface area contributed by atoms with Crippen molar-refractivity contribution in [3.05, 3.63) is 47.5 Å². The number of fused-ring (bicyclic) bond motifs is 1. The minimum atomic E-state index is -0.641. The summed E-state index contributed by atoms with van der Waals surface area (Å²) in [4.78, 5) is 37.7.